The highest BCUT2D eigenvalue weighted by atomic mass is 19.1. The zero-order valence-electron chi connectivity index (χ0n) is 25.5. The van der Waals surface area contributed by atoms with Gasteiger partial charge < -0.3 is 25.2 Å². The van der Waals surface area contributed by atoms with Crippen LogP contribution in [0.2, 0.25) is 0 Å². The van der Waals surface area contributed by atoms with Crippen LogP contribution >= 0.6 is 0 Å². The third-order valence-corrected chi connectivity index (χ3v) is 7.24. The molecule has 0 saturated heterocycles. The Morgan fingerprint density at radius 1 is 1.09 bits per heavy atom. The predicted octanol–water partition coefficient (Wildman–Crippen LogP) is 7.37. The fourth-order valence-electron chi connectivity index (χ4n) is 4.90. The van der Waals surface area contributed by atoms with Crippen LogP contribution in [0.5, 0.6) is 5.75 Å². The zero-order valence-corrected chi connectivity index (χ0v) is 25.5. The largest absolute Gasteiger partial charge is 0.494 e. The maximum Gasteiger partial charge on any atom is 0.339 e. The van der Waals surface area contributed by atoms with Crippen LogP contribution < -0.4 is 15.4 Å². The van der Waals surface area contributed by atoms with Gasteiger partial charge in [-0.05, 0) is 43.9 Å². The molecule has 0 saturated carbocycles. The van der Waals surface area contributed by atoms with Crippen LogP contribution in [0.4, 0.5) is 20.2 Å². The van der Waals surface area contributed by atoms with E-state index in [0.717, 1.165) is 23.3 Å². The van der Waals surface area contributed by atoms with Crippen molar-refractivity contribution in [3.05, 3.63) is 106 Å². The molecule has 0 spiro atoms. The molecule has 0 unspecified atom stereocenters. The molecule has 0 aliphatic carbocycles. The lowest BCUT2D eigenvalue weighted by molar-refractivity contribution is 0.0697. The minimum absolute atomic E-state index is 0.0136. The smallest absolute Gasteiger partial charge is 0.339 e. The molecule has 45 heavy (non-hydrogen) atoms. The van der Waals surface area contributed by atoms with Gasteiger partial charge in [-0.1, -0.05) is 36.8 Å². The highest BCUT2D eigenvalue weighted by Gasteiger charge is 2.22. The fraction of sp³-hybridized carbons (Fsp3) is 0.294. The molecule has 11 heteroatoms. The van der Waals surface area contributed by atoms with E-state index in [4.69, 9.17) is 14.5 Å². The van der Waals surface area contributed by atoms with Gasteiger partial charge in [-0.15, -0.1) is 0 Å². The Labute approximate surface area is 261 Å². The van der Waals surface area contributed by atoms with Gasteiger partial charge in [0.2, 0.25) is 0 Å². The van der Waals surface area contributed by atoms with E-state index in [0.29, 0.717) is 60.8 Å². The first-order chi connectivity index (χ1) is 21.7. The van der Waals surface area contributed by atoms with Crippen LogP contribution in [-0.4, -0.2) is 47.8 Å². The number of carboxylic acids is 1. The normalized spacial score (nSPS) is 13.1. The van der Waals surface area contributed by atoms with E-state index in [1.165, 1.54) is 12.4 Å². The molecule has 0 amide bonds. The molecule has 3 aromatic rings. The van der Waals surface area contributed by atoms with Gasteiger partial charge in [0.1, 0.15) is 28.8 Å². The fourth-order valence-corrected chi connectivity index (χ4v) is 4.90. The molecule has 2 heterocycles. The molecule has 0 bridgehead atoms. The first-order valence-electron chi connectivity index (χ1n) is 14.7. The first kappa shape index (κ1) is 33.0. The predicted molar refractivity (Wildman–Crippen MR) is 172 cm³/mol. The Balaban J connectivity index is 1.71. The first-order valence-corrected chi connectivity index (χ1v) is 14.7. The number of pyridine rings is 1. The number of carboxylic acid groups (broad SMARTS) is 1. The topological polar surface area (TPSA) is 129 Å². The summed E-state index contributed by atoms with van der Waals surface area (Å²) in [4.78, 5) is 20.8. The van der Waals surface area contributed by atoms with Crippen molar-refractivity contribution in [1.82, 2.24) is 4.98 Å². The van der Waals surface area contributed by atoms with Crippen molar-refractivity contribution in [3.63, 3.8) is 0 Å². The number of hydrogen-bond acceptors (Lipinski definition) is 8. The van der Waals surface area contributed by atoms with Gasteiger partial charge in [0.05, 0.1) is 23.7 Å². The summed E-state index contributed by atoms with van der Waals surface area (Å²) >= 11 is 0. The van der Waals surface area contributed by atoms with Crippen LogP contribution in [0, 0.1) is 17.0 Å². The van der Waals surface area contributed by atoms with Crippen molar-refractivity contribution in [2.75, 3.05) is 31.0 Å². The van der Waals surface area contributed by atoms with E-state index in [1.807, 2.05) is 13.0 Å². The Hall–Kier alpha value is -4.90. The Bertz CT molecular complexity index is 1630. The van der Waals surface area contributed by atoms with E-state index in [9.17, 15) is 24.1 Å². The van der Waals surface area contributed by atoms with Gasteiger partial charge in [-0.2, -0.15) is 0 Å². The molecule has 1 aliphatic rings. The SMILES string of the molecule is CCOc1cc(F)c(CNc2ccccc2C(=N)C2=NC(Nc3ccncc3C(=O)O)=C(CCCOC)C=C(CC)C2)c(F)c1. The third-order valence-electron chi connectivity index (χ3n) is 7.24. The molecule has 1 aromatic heterocycles. The van der Waals surface area contributed by atoms with Crippen LogP contribution in [0.3, 0.4) is 0 Å². The molecule has 0 radical (unpaired) electrons. The number of rotatable bonds is 15. The maximum atomic E-state index is 14.8. The molecule has 4 rings (SSSR count). The number of hydrogen-bond donors (Lipinski definition) is 4. The number of nitrogens with one attached hydrogen (secondary N) is 3. The second-order valence-electron chi connectivity index (χ2n) is 10.3. The number of ether oxygens (including phenoxy) is 2. The number of carbonyl (C=O) groups is 1. The number of allylic oxidation sites excluding steroid dienone is 3. The van der Waals surface area contributed by atoms with Crippen molar-refractivity contribution in [2.45, 2.75) is 46.1 Å². The molecule has 1 aliphatic heterocycles. The minimum Gasteiger partial charge on any atom is -0.494 e. The highest BCUT2D eigenvalue weighted by Crippen LogP contribution is 2.29. The van der Waals surface area contributed by atoms with Crippen molar-refractivity contribution >= 4 is 28.8 Å². The molecule has 0 atom stereocenters. The number of anilines is 2. The molecular weight excluding hydrogens is 580 g/mol. The monoisotopic (exact) mass is 617 g/mol. The van der Waals surface area contributed by atoms with Crippen LogP contribution in [0.15, 0.2) is 82.9 Å². The van der Waals surface area contributed by atoms with Gasteiger partial charge in [-0.25, -0.2) is 18.6 Å². The van der Waals surface area contributed by atoms with Gasteiger partial charge in [0.15, 0.2) is 0 Å². The Morgan fingerprint density at radius 2 is 1.84 bits per heavy atom. The van der Waals surface area contributed by atoms with E-state index >= 15 is 0 Å². The van der Waals surface area contributed by atoms with E-state index in [1.54, 1.807) is 44.4 Å². The second kappa shape index (κ2) is 15.7. The summed E-state index contributed by atoms with van der Waals surface area (Å²) in [5, 5.41) is 25.3. The quantitative estimate of drug-likeness (QED) is 0.104. The molecule has 236 valence electrons. The summed E-state index contributed by atoms with van der Waals surface area (Å²) < 4.78 is 40.0. The number of methoxy groups -OCH3 is 1. The second-order valence-corrected chi connectivity index (χ2v) is 10.3. The minimum atomic E-state index is -1.14. The van der Waals surface area contributed by atoms with Crippen molar-refractivity contribution < 1.29 is 28.2 Å². The van der Waals surface area contributed by atoms with Gasteiger partial charge in [-0.3, -0.25) is 10.4 Å². The number of nitrogens with zero attached hydrogens (tertiary/aromatic N) is 2. The summed E-state index contributed by atoms with van der Waals surface area (Å²) in [6, 6.07) is 10.9. The average Bonchev–Trinajstić information content (AvgIpc) is 3.20. The van der Waals surface area contributed by atoms with Crippen molar-refractivity contribution in [1.29, 1.82) is 5.41 Å². The standard InChI is InChI=1S/C34H37F2N5O4/c1-4-21-15-22(9-8-14-44-3)33(40-30-12-13-38-19-26(30)34(42)43)41-31(16-21)32(37)24-10-6-7-11-29(24)39-20-25-27(35)17-23(45-5-2)18-28(25)36/h6-7,10-13,15,17-19,37,39H,4-5,8-9,14,16,20H2,1-3H3,(H,38,40)(H,42,43). The van der Waals surface area contributed by atoms with E-state index in [2.05, 4.69) is 15.6 Å². The summed E-state index contributed by atoms with van der Waals surface area (Å²) in [6.07, 6.45) is 7.21. The number of aliphatic imine (C=N–C) groups is 1. The maximum absolute atomic E-state index is 14.8. The lowest BCUT2D eigenvalue weighted by Gasteiger charge is -2.17. The van der Waals surface area contributed by atoms with Crippen LogP contribution in [0.25, 0.3) is 0 Å². The highest BCUT2D eigenvalue weighted by molar-refractivity contribution is 6.48. The average molecular weight is 618 g/mol. The number of aromatic carboxylic acids is 1. The van der Waals surface area contributed by atoms with E-state index in [-0.39, 0.29) is 35.7 Å². The number of benzene rings is 2. The Morgan fingerprint density at radius 3 is 2.53 bits per heavy atom. The summed E-state index contributed by atoms with van der Waals surface area (Å²) in [6.45, 7) is 4.42. The summed E-state index contributed by atoms with van der Waals surface area (Å²) in [5.74, 6) is -2.06. The molecular formula is C34H37F2N5O4. The molecule has 0 fully saturated rings. The molecule has 4 N–H and O–H groups in total. The van der Waals surface area contributed by atoms with E-state index < -0.39 is 17.6 Å². The van der Waals surface area contributed by atoms with Gasteiger partial charge in [0.25, 0.3) is 0 Å². The number of aromatic nitrogens is 1. The van der Waals surface area contributed by atoms with Crippen LogP contribution in [0.1, 0.15) is 61.0 Å². The van der Waals surface area contributed by atoms with Crippen molar-refractivity contribution in [2.24, 2.45) is 4.99 Å². The number of halogens is 2. The zero-order chi connectivity index (χ0) is 32.3. The van der Waals surface area contributed by atoms with Crippen LogP contribution in [-0.2, 0) is 11.3 Å². The lowest BCUT2D eigenvalue weighted by atomic mass is 9.96. The summed E-state index contributed by atoms with van der Waals surface area (Å²) in [5.41, 5.74) is 3.63. The lowest BCUT2D eigenvalue weighted by Crippen LogP contribution is -2.18. The molecule has 2 aromatic carbocycles. The van der Waals surface area contributed by atoms with Gasteiger partial charge in [0, 0.05) is 68.0 Å². The number of para-hydroxylation sites is 1. The Kier molecular flexibility index (Phi) is 11.5. The van der Waals surface area contributed by atoms with Crippen molar-refractivity contribution in [3.8, 4) is 5.75 Å². The van der Waals surface area contributed by atoms with Gasteiger partial charge >= 0.3 is 5.97 Å². The molecule has 9 nitrogen and oxygen atoms in total. The third kappa shape index (κ3) is 8.39. The summed E-state index contributed by atoms with van der Waals surface area (Å²) in [7, 11) is 1.63.